The number of fused-ring (bicyclic) bond motifs is 1. The number of hydrogen-bond acceptors (Lipinski definition) is 8. The zero-order valence-electron chi connectivity index (χ0n) is 24.6. The molecule has 0 aliphatic carbocycles. The fourth-order valence-electron chi connectivity index (χ4n) is 4.93. The van der Waals surface area contributed by atoms with Crippen molar-refractivity contribution in [3.05, 3.63) is 101 Å². The number of hydrogen-bond donors (Lipinski definition) is 4. The second kappa shape index (κ2) is 12.5. The lowest BCUT2D eigenvalue weighted by Gasteiger charge is -2.17. The van der Waals surface area contributed by atoms with Crippen LogP contribution in [0, 0.1) is 0 Å². The molecule has 44 heavy (non-hydrogen) atoms. The Morgan fingerprint density at radius 1 is 0.864 bits per heavy atom. The molecule has 0 bridgehead atoms. The molecule has 0 saturated carbocycles. The predicted molar refractivity (Wildman–Crippen MR) is 166 cm³/mol. The summed E-state index contributed by atoms with van der Waals surface area (Å²) in [6.07, 6.45) is 6.63. The number of amidine groups is 1. The van der Waals surface area contributed by atoms with Crippen molar-refractivity contribution in [1.29, 1.82) is 0 Å². The number of likely N-dealkylation sites (N-methyl/N-ethyl adjacent to an activating group) is 1. The summed E-state index contributed by atoms with van der Waals surface area (Å²) in [6, 6.07) is 15.6. The van der Waals surface area contributed by atoms with E-state index < -0.39 is 18.0 Å². The SMILES string of the molecule is CNC(=O)N1N=C(NC)/C(=C/C=C(\C=C\c2c(NC)nn(C(=O)NC)c2-c2ccccc2)N2Cc3ccccc3C2=O)C1=O. The predicted octanol–water partition coefficient (Wildman–Crippen LogP) is 2.97. The van der Waals surface area contributed by atoms with Crippen molar-refractivity contribution in [3.8, 4) is 11.3 Å². The summed E-state index contributed by atoms with van der Waals surface area (Å²) in [5, 5.41) is 20.2. The van der Waals surface area contributed by atoms with Crippen molar-refractivity contribution in [3.63, 3.8) is 0 Å². The first kappa shape index (κ1) is 29.5. The summed E-state index contributed by atoms with van der Waals surface area (Å²) in [4.78, 5) is 53.2. The van der Waals surface area contributed by atoms with Gasteiger partial charge in [-0.05, 0) is 35.9 Å². The van der Waals surface area contributed by atoms with Crippen LogP contribution in [0.25, 0.3) is 17.3 Å². The minimum Gasteiger partial charge on any atom is -0.371 e. The molecular formula is C31H31N9O4. The van der Waals surface area contributed by atoms with E-state index in [-0.39, 0.29) is 17.3 Å². The molecule has 0 saturated heterocycles. The summed E-state index contributed by atoms with van der Waals surface area (Å²) < 4.78 is 1.28. The molecule has 0 fully saturated rings. The number of amides is 5. The Hall–Kier alpha value is -5.98. The van der Waals surface area contributed by atoms with Crippen LogP contribution in [0.5, 0.6) is 0 Å². The van der Waals surface area contributed by atoms with Gasteiger partial charge in [0, 0.05) is 50.6 Å². The Labute approximate surface area is 253 Å². The smallest absolute Gasteiger partial charge is 0.345 e. The first-order chi connectivity index (χ1) is 21.3. The first-order valence-electron chi connectivity index (χ1n) is 13.7. The van der Waals surface area contributed by atoms with Gasteiger partial charge in [0.2, 0.25) is 0 Å². The summed E-state index contributed by atoms with van der Waals surface area (Å²) >= 11 is 0. The van der Waals surface area contributed by atoms with E-state index in [0.717, 1.165) is 16.1 Å². The van der Waals surface area contributed by atoms with Gasteiger partial charge in [-0.15, -0.1) is 15.2 Å². The average molecular weight is 594 g/mol. The molecule has 224 valence electrons. The van der Waals surface area contributed by atoms with E-state index >= 15 is 0 Å². The number of nitrogens with one attached hydrogen (secondary N) is 4. The maximum Gasteiger partial charge on any atom is 0.345 e. The molecule has 3 aromatic rings. The van der Waals surface area contributed by atoms with Crippen LogP contribution in [-0.2, 0) is 11.3 Å². The molecule has 3 heterocycles. The number of urea groups is 1. The van der Waals surface area contributed by atoms with E-state index in [0.29, 0.717) is 34.9 Å². The van der Waals surface area contributed by atoms with Crippen LogP contribution in [0.15, 0.2) is 89.2 Å². The van der Waals surface area contributed by atoms with E-state index in [2.05, 4.69) is 31.5 Å². The molecule has 13 heteroatoms. The number of imide groups is 1. The molecule has 2 aromatic carbocycles. The van der Waals surface area contributed by atoms with Crippen molar-refractivity contribution in [2.75, 3.05) is 33.5 Å². The number of aromatic nitrogens is 2. The number of hydrazone groups is 1. The third-order valence-electron chi connectivity index (χ3n) is 7.11. The fraction of sp³-hybridized carbons (Fsp3) is 0.161. The minimum absolute atomic E-state index is 0.138. The third kappa shape index (κ3) is 5.33. The molecule has 5 amide bonds. The van der Waals surface area contributed by atoms with E-state index in [9.17, 15) is 19.2 Å². The van der Waals surface area contributed by atoms with E-state index in [4.69, 9.17) is 0 Å². The molecule has 0 atom stereocenters. The van der Waals surface area contributed by atoms with Gasteiger partial charge in [0.25, 0.3) is 11.8 Å². The molecule has 2 aliphatic heterocycles. The monoisotopic (exact) mass is 593 g/mol. The number of nitrogens with zero attached hydrogens (tertiary/aromatic N) is 5. The number of carbonyl (C=O) groups is 4. The minimum atomic E-state index is -0.679. The summed E-state index contributed by atoms with van der Waals surface area (Å²) in [5.74, 6) is -0.195. The second-order valence-corrected chi connectivity index (χ2v) is 9.62. The number of carbonyl (C=O) groups excluding carboxylic acids is 4. The molecule has 13 nitrogen and oxygen atoms in total. The lowest BCUT2D eigenvalue weighted by Crippen LogP contribution is -2.36. The van der Waals surface area contributed by atoms with E-state index in [1.807, 2.05) is 42.5 Å². The molecular weight excluding hydrogens is 562 g/mol. The maximum atomic E-state index is 13.5. The highest BCUT2D eigenvalue weighted by atomic mass is 16.2. The number of rotatable bonds is 6. The van der Waals surface area contributed by atoms with Gasteiger partial charge in [0.05, 0.1) is 17.8 Å². The Kier molecular flexibility index (Phi) is 8.37. The van der Waals surface area contributed by atoms with Crippen LogP contribution >= 0.6 is 0 Å². The lowest BCUT2D eigenvalue weighted by atomic mass is 10.1. The second-order valence-electron chi connectivity index (χ2n) is 9.62. The van der Waals surface area contributed by atoms with Crippen molar-refractivity contribution in [2.45, 2.75) is 6.54 Å². The third-order valence-corrected chi connectivity index (χ3v) is 7.11. The Morgan fingerprint density at radius 2 is 1.57 bits per heavy atom. The van der Waals surface area contributed by atoms with E-state index in [1.165, 1.54) is 24.9 Å². The van der Waals surface area contributed by atoms with Gasteiger partial charge in [0.15, 0.2) is 11.7 Å². The highest BCUT2D eigenvalue weighted by Gasteiger charge is 2.34. The van der Waals surface area contributed by atoms with E-state index in [1.54, 1.807) is 49.4 Å². The topological polar surface area (TPSA) is 153 Å². The lowest BCUT2D eigenvalue weighted by molar-refractivity contribution is -0.123. The fourth-order valence-corrected chi connectivity index (χ4v) is 4.93. The van der Waals surface area contributed by atoms with Crippen molar-refractivity contribution in [1.82, 2.24) is 35.6 Å². The molecule has 0 radical (unpaired) electrons. The Balaban J connectivity index is 1.64. The number of anilines is 1. The molecule has 0 unspecified atom stereocenters. The zero-order valence-corrected chi connectivity index (χ0v) is 24.6. The van der Waals surface area contributed by atoms with Gasteiger partial charge in [-0.25, -0.2) is 9.59 Å². The Morgan fingerprint density at radius 3 is 2.23 bits per heavy atom. The largest absolute Gasteiger partial charge is 0.371 e. The van der Waals surface area contributed by atoms with Crippen molar-refractivity contribution in [2.24, 2.45) is 5.10 Å². The van der Waals surface area contributed by atoms with Crippen LogP contribution in [0.3, 0.4) is 0 Å². The zero-order chi connectivity index (χ0) is 31.4. The van der Waals surface area contributed by atoms with Gasteiger partial charge in [-0.3, -0.25) is 9.59 Å². The van der Waals surface area contributed by atoms with Crippen LogP contribution < -0.4 is 21.3 Å². The highest BCUT2D eigenvalue weighted by Crippen LogP contribution is 2.32. The maximum absolute atomic E-state index is 13.5. The highest BCUT2D eigenvalue weighted by molar-refractivity contribution is 6.27. The van der Waals surface area contributed by atoms with Crippen LogP contribution in [-0.4, -0.2) is 77.6 Å². The molecule has 1 aromatic heterocycles. The van der Waals surface area contributed by atoms with Crippen molar-refractivity contribution >= 4 is 41.6 Å². The van der Waals surface area contributed by atoms with Gasteiger partial charge < -0.3 is 26.2 Å². The average Bonchev–Trinajstić information content (AvgIpc) is 3.71. The molecule has 0 spiro atoms. The Bertz CT molecular complexity index is 1770. The molecule has 5 rings (SSSR count). The normalized spacial score (nSPS) is 15.6. The molecule has 2 aliphatic rings. The van der Waals surface area contributed by atoms with Crippen molar-refractivity contribution < 1.29 is 19.2 Å². The number of benzene rings is 2. The summed E-state index contributed by atoms with van der Waals surface area (Å²) in [7, 11) is 6.22. The quantitative estimate of drug-likeness (QED) is 0.253. The van der Waals surface area contributed by atoms with Gasteiger partial charge >= 0.3 is 12.1 Å². The first-order valence-corrected chi connectivity index (χ1v) is 13.7. The van der Waals surface area contributed by atoms with Gasteiger partial charge in [0.1, 0.15) is 0 Å². The van der Waals surface area contributed by atoms with Crippen LogP contribution in [0.4, 0.5) is 15.4 Å². The van der Waals surface area contributed by atoms with Crippen LogP contribution in [0.2, 0.25) is 0 Å². The van der Waals surface area contributed by atoms with Gasteiger partial charge in [-0.2, -0.15) is 4.68 Å². The standard InChI is InChI=1S/C31H31N9O4/c1-32-26-23(25(19-10-6-5-7-11-19)39(36-26)30(43)34-3)16-14-21(38-18-20-12-8-9-13-22(20)28(38)41)15-17-24-27(33-2)37-40(29(24)42)31(44)35-4/h5-17H,18H2,1-4H3,(H,32,36)(H,33,37)(H,34,43)(H,35,44)/b16-14+,21-15+,24-17-. The van der Waals surface area contributed by atoms with Gasteiger partial charge in [-0.1, -0.05) is 48.5 Å². The number of allylic oxidation sites excluding steroid dienone is 3. The van der Waals surface area contributed by atoms with Crippen LogP contribution in [0.1, 0.15) is 21.5 Å². The molecule has 4 N–H and O–H groups in total. The summed E-state index contributed by atoms with van der Waals surface area (Å²) in [5.41, 5.74) is 3.92. The summed E-state index contributed by atoms with van der Waals surface area (Å²) in [6.45, 7) is 0.307.